The van der Waals surface area contributed by atoms with E-state index in [1.807, 2.05) is 30.3 Å². The van der Waals surface area contributed by atoms with Crippen LogP contribution in [-0.4, -0.2) is 17.4 Å². The van der Waals surface area contributed by atoms with E-state index in [4.69, 9.17) is 9.15 Å². The second-order valence-electron chi connectivity index (χ2n) is 6.13. The van der Waals surface area contributed by atoms with E-state index in [-0.39, 0.29) is 24.8 Å². The Bertz CT molecular complexity index is 893. The van der Waals surface area contributed by atoms with Crippen molar-refractivity contribution in [1.29, 1.82) is 0 Å². The molecule has 3 rings (SSSR count). The molecule has 0 aliphatic rings. The van der Waals surface area contributed by atoms with Crippen molar-refractivity contribution in [3.63, 3.8) is 0 Å². The number of carbonyl (C=O) groups is 1. The van der Waals surface area contributed by atoms with Gasteiger partial charge in [-0.05, 0) is 35.9 Å². The van der Waals surface area contributed by atoms with E-state index >= 15 is 0 Å². The average molecular weight is 389 g/mol. The molecule has 0 spiro atoms. The van der Waals surface area contributed by atoms with Crippen molar-refractivity contribution in [1.82, 2.24) is 4.90 Å². The van der Waals surface area contributed by atoms with E-state index in [1.54, 1.807) is 12.1 Å². The quantitative estimate of drug-likeness (QED) is 0.577. The Hall–Kier alpha value is -3.22. The molecule has 0 bridgehead atoms. The summed E-state index contributed by atoms with van der Waals surface area (Å²) in [7, 11) is 0. The summed E-state index contributed by atoms with van der Waals surface area (Å²) in [4.78, 5) is 14.2. The molecule has 4 nitrogen and oxygen atoms in total. The highest BCUT2D eigenvalue weighted by Gasteiger charge is 2.30. The lowest BCUT2D eigenvalue weighted by Crippen LogP contribution is -2.34. The van der Waals surface area contributed by atoms with Gasteiger partial charge in [-0.15, -0.1) is 0 Å². The molecule has 1 amide bonds. The lowest BCUT2D eigenvalue weighted by molar-refractivity contribution is -0.137. The van der Waals surface area contributed by atoms with Crippen LogP contribution < -0.4 is 4.74 Å². The molecule has 0 saturated carbocycles. The Labute approximate surface area is 160 Å². The Morgan fingerprint density at radius 2 is 1.75 bits per heavy atom. The van der Waals surface area contributed by atoms with Crippen molar-refractivity contribution in [2.24, 2.45) is 0 Å². The van der Waals surface area contributed by atoms with E-state index in [1.165, 1.54) is 23.3 Å². The maximum atomic E-state index is 12.8. The van der Waals surface area contributed by atoms with Gasteiger partial charge >= 0.3 is 6.18 Å². The summed E-state index contributed by atoms with van der Waals surface area (Å²) in [5.74, 6) is 0.224. The zero-order valence-electron chi connectivity index (χ0n) is 14.9. The highest BCUT2D eigenvalue weighted by atomic mass is 19.4. The minimum absolute atomic E-state index is 0.0131. The van der Waals surface area contributed by atoms with Gasteiger partial charge in [0.05, 0.1) is 18.4 Å². The third-order valence-corrected chi connectivity index (χ3v) is 4.02. The molecule has 3 aromatic rings. The second kappa shape index (κ2) is 8.65. The first kappa shape index (κ1) is 19.5. The number of nitrogens with zero attached hydrogens (tertiary/aromatic N) is 1. The van der Waals surface area contributed by atoms with Gasteiger partial charge in [0.15, 0.2) is 6.61 Å². The van der Waals surface area contributed by atoms with Crippen LogP contribution in [0.25, 0.3) is 0 Å². The molecule has 28 heavy (non-hydrogen) atoms. The van der Waals surface area contributed by atoms with Crippen LogP contribution in [0.1, 0.15) is 16.9 Å². The predicted octanol–water partition coefficient (Wildman–Crippen LogP) is 4.91. The van der Waals surface area contributed by atoms with Crippen LogP contribution in [0.4, 0.5) is 13.2 Å². The van der Waals surface area contributed by atoms with Crippen LogP contribution in [0.15, 0.2) is 77.4 Å². The van der Waals surface area contributed by atoms with E-state index < -0.39 is 11.7 Å². The Kier molecular flexibility index (Phi) is 6.03. The number of benzene rings is 2. The van der Waals surface area contributed by atoms with Crippen molar-refractivity contribution in [2.75, 3.05) is 6.61 Å². The number of amides is 1. The maximum Gasteiger partial charge on any atom is 0.416 e. The fraction of sp³-hybridized carbons (Fsp3) is 0.190. The molecular weight excluding hydrogens is 371 g/mol. The molecule has 0 N–H and O–H groups in total. The lowest BCUT2D eigenvalue weighted by Gasteiger charge is -2.22. The van der Waals surface area contributed by atoms with Gasteiger partial charge in [0.1, 0.15) is 11.5 Å². The van der Waals surface area contributed by atoms with Crippen LogP contribution in [0.2, 0.25) is 0 Å². The van der Waals surface area contributed by atoms with Gasteiger partial charge in [-0.1, -0.05) is 36.4 Å². The maximum absolute atomic E-state index is 12.8. The SMILES string of the molecule is O=C(COc1cccc(C(F)(F)F)c1)N(Cc1ccccc1)Cc1ccco1. The van der Waals surface area contributed by atoms with Gasteiger partial charge in [-0.25, -0.2) is 0 Å². The fourth-order valence-electron chi connectivity index (χ4n) is 2.63. The van der Waals surface area contributed by atoms with E-state index in [2.05, 4.69) is 0 Å². The fourth-order valence-corrected chi connectivity index (χ4v) is 2.63. The van der Waals surface area contributed by atoms with E-state index in [0.29, 0.717) is 12.3 Å². The van der Waals surface area contributed by atoms with Crippen molar-refractivity contribution < 1.29 is 27.1 Å². The molecule has 1 heterocycles. The third kappa shape index (κ3) is 5.39. The first-order chi connectivity index (χ1) is 13.4. The highest BCUT2D eigenvalue weighted by molar-refractivity contribution is 5.77. The zero-order chi connectivity index (χ0) is 20.0. The van der Waals surface area contributed by atoms with Gasteiger partial charge in [0.2, 0.25) is 0 Å². The summed E-state index contributed by atoms with van der Waals surface area (Å²) in [5.41, 5.74) is 0.0932. The number of hydrogen-bond donors (Lipinski definition) is 0. The first-order valence-electron chi connectivity index (χ1n) is 8.56. The summed E-state index contributed by atoms with van der Waals surface area (Å²) in [6.45, 7) is 0.174. The molecule has 0 radical (unpaired) electrons. The van der Waals surface area contributed by atoms with Gasteiger partial charge in [-0.2, -0.15) is 13.2 Å². The number of rotatable bonds is 7. The van der Waals surface area contributed by atoms with Crippen molar-refractivity contribution in [2.45, 2.75) is 19.3 Å². The number of carbonyl (C=O) groups excluding carboxylic acids is 1. The smallest absolute Gasteiger partial charge is 0.416 e. The van der Waals surface area contributed by atoms with Crippen LogP contribution >= 0.6 is 0 Å². The number of hydrogen-bond acceptors (Lipinski definition) is 3. The second-order valence-corrected chi connectivity index (χ2v) is 6.13. The highest BCUT2D eigenvalue weighted by Crippen LogP contribution is 2.31. The third-order valence-electron chi connectivity index (χ3n) is 4.02. The summed E-state index contributed by atoms with van der Waals surface area (Å²) in [5, 5.41) is 0. The van der Waals surface area contributed by atoms with Crippen LogP contribution in [0.3, 0.4) is 0 Å². The van der Waals surface area contributed by atoms with Gasteiger partial charge in [0, 0.05) is 6.54 Å². The van der Waals surface area contributed by atoms with Crippen LogP contribution in [-0.2, 0) is 24.1 Å². The number of furan rings is 1. The molecule has 2 aromatic carbocycles. The number of alkyl halides is 3. The average Bonchev–Trinajstić information content (AvgIpc) is 3.19. The molecule has 0 aliphatic carbocycles. The van der Waals surface area contributed by atoms with Crippen molar-refractivity contribution in [3.05, 3.63) is 89.9 Å². The minimum Gasteiger partial charge on any atom is -0.484 e. The largest absolute Gasteiger partial charge is 0.484 e. The molecule has 0 saturated heterocycles. The molecule has 0 atom stereocenters. The first-order valence-corrected chi connectivity index (χ1v) is 8.56. The molecular formula is C21H18F3NO3. The van der Waals surface area contributed by atoms with Gasteiger partial charge in [0.25, 0.3) is 5.91 Å². The van der Waals surface area contributed by atoms with Gasteiger partial charge < -0.3 is 14.1 Å². The summed E-state index contributed by atoms with van der Waals surface area (Å²) < 4.78 is 49.1. The van der Waals surface area contributed by atoms with E-state index in [9.17, 15) is 18.0 Å². The summed E-state index contributed by atoms with van der Waals surface area (Å²) >= 11 is 0. The lowest BCUT2D eigenvalue weighted by atomic mass is 10.2. The molecule has 0 unspecified atom stereocenters. The predicted molar refractivity (Wildman–Crippen MR) is 96.3 cm³/mol. The summed E-state index contributed by atoms with van der Waals surface area (Å²) in [6, 6.07) is 17.3. The van der Waals surface area contributed by atoms with E-state index in [0.717, 1.165) is 17.7 Å². The standard InChI is InChI=1S/C21H18F3NO3/c22-21(23,24)17-8-4-9-18(12-17)28-15-20(26)25(14-19-10-5-11-27-19)13-16-6-2-1-3-7-16/h1-12H,13-15H2. The molecule has 146 valence electrons. The van der Waals surface area contributed by atoms with Crippen molar-refractivity contribution in [3.8, 4) is 5.75 Å². The molecule has 0 aliphatic heterocycles. The molecule has 1 aromatic heterocycles. The minimum atomic E-state index is -4.47. The van der Waals surface area contributed by atoms with Gasteiger partial charge in [-0.3, -0.25) is 4.79 Å². The summed E-state index contributed by atoms with van der Waals surface area (Å²) in [6.07, 6.45) is -2.96. The van der Waals surface area contributed by atoms with Crippen LogP contribution in [0.5, 0.6) is 5.75 Å². The zero-order valence-corrected chi connectivity index (χ0v) is 14.9. The number of ether oxygens (including phenoxy) is 1. The number of halogens is 3. The monoisotopic (exact) mass is 389 g/mol. The Morgan fingerprint density at radius 3 is 2.43 bits per heavy atom. The normalized spacial score (nSPS) is 11.2. The Balaban J connectivity index is 1.68. The Morgan fingerprint density at radius 1 is 0.964 bits per heavy atom. The molecule has 7 heteroatoms. The molecule has 0 fully saturated rings. The van der Waals surface area contributed by atoms with Crippen LogP contribution in [0, 0.1) is 0 Å². The van der Waals surface area contributed by atoms with Crippen molar-refractivity contribution >= 4 is 5.91 Å². The topological polar surface area (TPSA) is 42.7 Å².